The fourth-order valence-electron chi connectivity index (χ4n) is 3.09. The quantitative estimate of drug-likeness (QED) is 0.749. The van der Waals surface area contributed by atoms with Gasteiger partial charge in [0.25, 0.3) is 0 Å². The van der Waals surface area contributed by atoms with Gasteiger partial charge in [0.1, 0.15) is 12.4 Å². The van der Waals surface area contributed by atoms with E-state index in [1.54, 1.807) is 30.3 Å². The molecule has 136 valence electrons. The number of sulfone groups is 1. The van der Waals surface area contributed by atoms with Crippen LogP contribution in [0.5, 0.6) is 0 Å². The molecule has 6 nitrogen and oxygen atoms in total. The predicted molar refractivity (Wildman–Crippen MR) is 96.5 cm³/mol. The zero-order valence-electron chi connectivity index (χ0n) is 14.3. The monoisotopic (exact) mass is 373 g/mol. The second-order valence-corrected chi connectivity index (χ2v) is 8.11. The maximum Gasteiger partial charge on any atom is 0.302 e. The highest BCUT2D eigenvalue weighted by atomic mass is 32.2. The van der Waals surface area contributed by atoms with Gasteiger partial charge in [-0.25, -0.2) is 8.42 Å². The molecule has 0 spiro atoms. The van der Waals surface area contributed by atoms with Gasteiger partial charge >= 0.3 is 5.97 Å². The van der Waals surface area contributed by atoms with Crippen LogP contribution in [0.3, 0.4) is 0 Å². The number of carbonyl (C=O) groups excluding carboxylic acids is 2. The van der Waals surface area contributed by atoms with Gasteiger partial charge in [0.15, 0.2) is 9.84 Å². The molecule has 0 radical (unpaired) electrons. The minimum atomic E-state index is -3.75. The van der Waals surface area contributed by atoms with Crippen molar-refractivity contribution in [2.24, 2.45) is 0 Å². The van der Waals surface area contributed by atoms with Crippen LogP contribution in [-0.2, 0) is 30.6 Å². The average Bonchev–Trinajstić information content (AvgIpc) is 2.99. The summed E-state index contributed by atoms with van der Waals surface area (Å²) in [5.41, 5.74) is 1.59. The van der Waals surface area contributed by atoms with E-state index >= 15 is 0 Å². The highest BCUT2D eigenvalue weighted by Gasteiger charge is 2.36. The van der Waals surface area contributed by atoms with E-state index in [1.165, 1.54) is 24.0 Å². The molecule has 0 aliphatic carbocycles. The van der Waals surface area contributed by atoms with E-state index in [0.717, 1.165) is 5.56 Å². The molecule has 26 heavy (non-hydrogen) atoms. The summed E-state index contributed by atoms with van der Waals surface area (Å²) in [6.07, 6.45) is 0.514. The minimum absolute atomic E-state index is 0.0289. The molecule has 1 heterocycles. The number of esters is 1. The number of para-hydroxylation sites is 1. The molecule has 0 bridgehead atoms. The highest BCUT2D eigenvalue weighted by molar-refractivity contribution is 7.92. The van der Waals surface area contributed by atoms with Crippen LogP contribution in [0.25, 0.3) is 0 Å². The third kappa shape index (κ3) is 3.77. The number of rotatable bonds is 5. The molecule has 1 unspecified atom stereocenters. The van der Waals surface area contributed by atoms with Crippen molar-refractivity contribution < 1.29 is 22.7 Å². The number of ether oxygens (including phenoxy) is 1. The Balaban J connectivity index is 1.86. The topological polar surface area (TPSA) is 80.8 Å². The van der Waals surface area contributed by atoms with Gasteiger partial charge in [0.2, 0.25) is 5.91 Å². The van der Waals surface area contributed by atoms with Gasteiger partial charge in [-0.1, -0.05) is 36.4 Å². The molecule has 0 N–H and O–H groups in total. The summed E-state index contributed by atoms with van der Waals surface area (Å²) in [6, 6.07) is 14.8. The van der Waals surface area contributed by atoms with E-state index in [2.05, 4.69) is 0 Å². The standard InChI is InChI=1S/C19H19NO5S/c1-14(21)25-12-16-11-15-7-5-6-10-18(15)20(16)19(22)13-26(23,24)17-8-3-2-4-9-17/h2-10,16H,11-13H2,1H3. The molecule has 1 atom stereocenters. The normalized spacial score (nSPS) is 16.2. The second-order valence-electron chi connectivity index (χ2n) is 6.13. The molecule has 2 aromatic carbocycles. The number of carbonyl (C=O) groups is 2. The summed E-state index contributed by atoms with van der Waals surface area (Å²) >= 11 is 0. The van der Waals surface area contributed by atoms with Crippen LogP contribution in [0, 0.1) is 0 Å². The van der Waals surface area contributed by atoms with Crippen molar-refractivity contribution >= 4 is 27.4 Å². The molecule has 0 saturated heterocycles. The molecule has 1 aliphatic heterocycles. The van der Waals surface area contributed by atoms with E-state index in [4.69, 9.17) is 4.74 Å². The van der Waals surface area contributed by atoms with Crippen LogP contribution in [-0.4, -0.2) is 38.7 Å². The van der Waals surface area contributed by atoms with Gasteiger partial charge in [-0.05, 0) is 30.2 Å². The Bertz CT molecular complexity index is 924. The average molecular weight is 373 g/mol. The molecule has 2 aromatic rings. The molecule has 7 heteroatoms. The zero-order chi connectivity index (χ0) is 18.7. The number of amides is 1. The summed E-state index contributed by atoms with van der Waals surface area (Å²) < 4.78 is 30.2. The van der Waals surface area contributed by atoms with Crippen molar-refractivity contribution in [1.82, 2.24) is 0 Å². The maximum atomic E-state index is 12.9. The van der Waals surface area contributed by atoms with Gasteiger partial charge in [-0.2, -0.15) is 0 Å². The van der Waals surface area contributed by atoms with Gasteiger partial charge in [0, 0.05) is 12.6 Å². The van der Waals surface area contributed by atoms with Crippen LogP contribution in [0.1, 0.15) is 12.5 Å². The maximum absolute atomic E-state index is 12.9. The molecule has 0 fully saturated rings. The Hall–Kier alpha value is -2.67. The first-order valence-corrected chi connectivity index (χ1v) is 9.85. The van der Waals surface area contributed by atoms with Crippen LogP contribution in [0.15, 0.2) is 59.5 Å². The lowest BCUT2D eigenvalue weighted by Gasteiger charge is -2.25. The lowest BCUT2D eigenvalue weighted by atomic mass is 10.1. The fraction of sp³-hybridized carbons (Fsp3) is 0.263. The number of nitrogens with zero attached hydrogens (tertiary/aromatic N) is 1. The Morgan fingerprint density at radius 2 is 1.73 bits per heavy atom. The summed E-state index contributed by atoms with van der Waals surface area (Å²) in [7, 11) is -3.75. The molecule has 1 amide bonds. The summed E-state index contributed by atoms with van der Waals surface area (Å²) in [4.78, 5) is 25.6. The lowest BCUT2D eigenvalue weighted by Crippen LogP contribution is -2.43. The van der Waals surface area contributed by atoms with E-state index in [1.807, 2.05) is 12.1 Å². The Kier molecular flexibility index (Phi) is 5.08. The predicted octanol–water partition coefficient (Wildman–Crippen LogP) is 1.98. The molecule has 0 aromatic heterocycles. The van der Waals surface area contributed by atoms with Gasteiger partial charge in [-0.15, -0.1) is 0 Å². The molecular weight excluding hydrogens is 354 g/mol. The van der Waals surface area contributed by atoms with Crippen molar-refractivity contribution in [2.75, 3.05) is 17.3 Å². The lowest BCUT2D eigenvalue weighted by molar-refractivity contribution is -0.141. The first-order chi connectivity index (χ1) is 12.4. The third-order valence-corrected chi connectivity index (χ3v) is 5.85. The Morgan fingerprint density at radius 1 is 1.08 bits per heavy atom. The van der Waals surface area contributed by atoms with Crippen molar-refractivity contribution in [3.8, 4) is 0 Å². The van der Waals surface area contributed by atoms with Crippen molar-refractivity contribution in [3.05, 3.63) is 60.2 Å². The first-order valence-electron chi connectivity index (χ1n) is 8.19. The fourth-order valence-corrected chi connectivity index (χ4v) is 4.29. The number of fused-ring (bicyclic) bond motifs is 1. The second kappa shape index (κ2) is 7.29. The largest absolute Gasteiger partial charge is 0.464 e. The van der Waals surface area contributed by atoms with Crippen LogP contribution in [0.4, 0.5) is 5.69 Å². The summed E-state index contributed by atoms with van der Waals surface area (Å²) in [6.45, 7) is 1.33. The highest BCUT2D eigenvalue weighted by Crippen LogP contribution is 2.32. The van der Waals surface area contributed by atoms with E-state index < -0.39 is 33.5 Å². The van der Waals surface area contributed by atoms with Gasteiger partial charge in [0.05, 0.1) is 10.9 Å². The number of anilines is 1. The van der Waals surface area contributed by atoms with E-state index in [-0.39, 0.29) is 11.5 Å². The Labute approximate surface area is 152 Å². The van der Waals surface area contributed by atoms with Gasteiger partial charge in [-0.3, -0.25) is 9.59 Å². The van der Waals surface area contributed by atoms with Gasteiger partial charge < -0.3 is 9.64 Å². The third-order valence-electron chi connectivity index (χ3n) is 4.24. The molecular formula is C19H19NO5S. The molecule has 0 saturated carbocycles. The van der Waals surface area contributed by atoms with Crippen LogP contribution >= 0.6 is 0 Å². The summed E-state index contributed by atoms with van der Waals surface area (Å²) in [5.74, 6) is -1.61. The number of hydrogen-bond donors (Lipinski definition) is 0. The van der Waals surface area contributed by atoms with E-state index in [0.29, 0.717) is 12.1 Å². The van der Waals surface area contributed by atoms with Crippen LogP contribution in [0.2, 0.25) is 0 Å². The van der Waals surface area contributed by atoms with Crippen molar-refractivity contribution in [1.29, 1.82) is 0 Å². The van der Waals surface area contributed by atoms with Crippen LogP contribution < -0.4 is 4.90 Å². The first kappa shape index (κ1) is 18.1. The van der Waals surface area contributed by atoms with Crippen molar-refractivity contribution in [2.45, 2.75) is 24.3 Å². The minimum Gasteiger partial charge on any atom is -0.464 e. The molecule has 1 aliphatic rings. The SMILES string of the molecule is CC(=O)OCC1Cc2ccccc2N1C(=O)CS(=O)(=O)c1ccccc1. The van der Waals surface area contributed by atoms with Crippen molar-refractivity contribution in [3.63, 3.8) is 0 Å². The molecule has 3 rings (SSSR count). The number of hydrogen-bond acceptors (Lipinski definition) is 5. The Morgan fingerprint density at radius 3 is 2.42 bits per heavy atom. The zero-order valence-corrected chi connectivity index (χ0v) is 15.1. The summed E-state index contributed by atoms with van der Waals surface area (Å²) in [5, 5.41) is 0. The smallest absolute Gasteiger partial charge is 0.302 e. The van der Waals surface area contributed by atoms with E-state index in [9.17, 15) is 18.0 Å². The number of benzene rings is 2.